The predicted molar refractivity (Wildman–Crippen MR) is 150 cm³/mol. The van der Waals surface area contributed by atoms with Gasteiger partial charge in [0, 0.05) is 22.8 Å². The van der Waals surface area contributed by atoms with E-state index in [1.54, 1.807) is 24.3 Å². The van der Waals surface area contributed by atoms with Gasteiger partial charge in [0.05, 0.1) is 17.9 Å². The molecule has 1 aromatic rings. The molecule has 3 amide bonds. The molecule has 1 aromatic carbocycles. The van der Waals surface area contributed by atoms with Crippen LogP contribution in [0.4, 0.5) is 5.69 Å². The number of hydrogen-bond acceptors (Lipinski definition) is 4. The number of carbonyl (C=O) groups is 3. The van der Waals surface area contributed by atoms with E-state index in [0.29, 0.717) is 28.5 Å². The zero-order valence-corrected chi connectivity index (χ0v) is 23.8. The molecule has 2 saturated heterocycles. The van der Waals surface area contributed by atoms with Crippen molar-refractivity contribution < 1.29 is 19.1 Å². The SMILES string of the molecule is CC1CCC(N2C(=O)[C@@H]3C(C(=O)Nc4cccc(Cl)c4)[C@@H]4C=CC3(O4)C2C(=O)NC2CCCC(C)C2C)CC1. The van der Waals surface area contributed by atoms with E-state index in [0.717, 1.165) is 38.5 Å². The summed E-state index contributed by atoms with van der Waals surface area (Å²) in [5, 5.41) is 6.83. The number of nitrogens with zero attached hydrogens (tertiary/aromatic N) is 1. The maximum Gasteiger partial charge on any atom is 0.246 e. The molecule has 3 heterocycles. The van der Waals surface area contributed by atoms with Crippen LogP contribution in [0.15, 0.2) is 36.4 Å². The fraction of sp³-hybridized carbons (Fsp3) is 0.645. The number of nitrogens with one attached hydrogen (secondary N) is 2. The summed E-state index contributed by atoms with van der Waals surface area (Å²) in [6.07, 6.45) is 10.2. The van der Waals surface area contributed by atoms with Crippen LogP contribution in [0.2, 0.25) is 5.02 Å². The Balaban J connectivity index is 1.32. The maximum absolute atomic E-state index is 14.3. The van der Waals surface area contributed by atoms with Crippen molar-refractivity contribution in [1.82, 2.24) is 10.2 Å². The van der Waals surface area contributed by atoms with Gasteiger partial charge in [-0.1, -0.05) is 63.4 Å². The summed E-state index contributed by atoms with van der Waals surface area (Å²) in [6, 6.07) is 6.26. The van der Waals surface area contributed by atoms with Crippen molar-refractivity contribution >= 4 is 35.0 Å². The van der Waals surface area contributed by atoms with Gasteiger partial charge in [-0.3, -0.25) is 14.4 Å². The third-order valence-corrected chi connectivity index (χ3v) is 10.6. The fourth-order valence-electron chi connectivity index (χ4n) is 7.96. The number of amides is 3. The average molecular weight is 554 g/mol. The molecule has 3 aliphatic heterocycles. The number of benzene rings is 1. The second-order valence-electron chi connectivity index (χ2n) is 12.7. The van der Waals surface area contributed by atoms with E-state index in [-0.39, 0.29) is 29.8 Å². The molecule has 8 atom stereocenters. The molecule has 7 nitrogen and oxygen atoms in total. The lowest BCUT2D eigenvalue weighted by atomic mass is 9.73. The molecule has 8 heteroatoms. The van der Waals surface area contributed by atoms with Gasteiger partial charge in [-0.25, -0.2) is 0 Å². The largest absolute Gasteiger partial charge is 0.359 e. The maximum atomic E-state index is 14.3. The minimum Gasteiger partial charge on any atom is -0.359 e. The molecule has 6 rings (SSSR count). The van der Waals surface area contributed by atoms with Crippen molar-refractivity contribution in [1.29, 1.82) is 0 Å². The molecule has 4 fully saturated rings. The molecule has 39 heavy (non-hydrogen) atoms. The molecule has 2 N–H and O–H groups in total. The molecule has 0 radical (unpaired) electrons. The van der Waals surface area contributed by atoms with E-state index in [1.165, 1.54) is 6.42 Å². The Morgan fingerprint density at radius 1 is 1.05 bits per heavy atom. The van der Waals surface area contributed by atoms with Gasteiger partial charge in [-0.05, 0) is 68.1 Å². The number of likely N-dealkylation sites (tertiary alicyclic amines) is 1. The molecule has 6 unspecified atom stereocenters. The smallest absolute Gasteiger partial charge is 0.246 e. The summed E-state index contributed by atoms with van der Waals surface area (Å²) in [4.78, 5) is 44.0. The van der Waals surface area contributed by atoms with Crippen LogP contribution >= 0.6 is 11.6 Å². The highest BCUT2D eigenvalue weighted by Gasteiger charge is 2.73. The van der Waals surface area contributed by atoms with E-state index >= 15 is 0 Å². The molecule has 2 saturated carbocycles. The minimum absolute atomic E-state index is 0.0279. The highest BCUT2D eigenvalue weighted by atomic mass is 35.5. The first-order valence-electron chi connectivity index (χ1n) is 14.8. The second-order valence-corrected chi connectivity index (χ2v) is 13.2. The van der Waals surface area contributed by atoms with Crippen LogP contribution in [-0.2, 0) is 19.1 Å². The van der Waals surface area contributed by atoms with Gasteiger partial charge in [-0.15, -0.1) is 0 Å². The number of hydrogen-bond donors (Lipinski definition) is 2. The van der Waals surface area contributed by atoms with Crippen molar-refractivity contribution in [3.63, 3.8) is 0 Å². The van der Waals surface area contributed by atoms with Gasteiger partial charge in [0.25, 0.3) is 0 Å². The summed E-state index contributed by atoms with van der Waals surface area (Å²) >= 11 is 6.14. The molecule has 210 valence electrons. The Hall–Kier alpha value is -2.38. The molecule has 1 spiro atoms. The molecule has 0 aromatic heterocycles. The molecular formula is C31H40ClN3O4. The summed E-state index contributed by atoms with van der Waals surface area (Å²) < 4.78 is 6.54. The van der Waals surface area contributed by atoms with Crippen molar-refractivity contribution in [2.75, 3.05) is 5.32 Å². The van der Waals surface area contributed by atoms with E-state index < -0.39 is 29.6 Å². The lowest BCUT2D eigenvalue weighted by Crippen LogP contribution is -2.59. The predicted octanol–water partition coefficient (Wildman–Crippen LogP) is 4.95. The van der Waals surface area contributed by atoms with Gasteiger partial charge in [-0.2, -0.15) is 0 Å². The lowest BCUT2D eigenvalue weighted by Gasteiger charge is -2.41. The van der Waals surface area contributed by atoms with Gasteiger partial charge in [0.15, 0.2) is 0 Å². The number of halogens is 1. The summed E-state index contributed by atoms with van der Waals surface area (Å²) in [6.45, 7) is 6.71. The Kier molecular flexibility index (Phi) is 7.03. The fourth-order valence-corrected chi connectivity index (χ4v) is 8.15. The summed E-state index contributed by atoms with van der Waals surface area (Å²) in [7, 11) is 0. The van der Waals surface area contributed by atoms with Crippen LogP contribution in [0, 0.1) is 29.6 Å². The summed E-state index contributed by atoms with van der Waals surface area (Å²) in [5.41, 5.74) is -0.555. The Bertz CT molecular complexity index is 1180. The number of carbonyl (C=O) groups excluding carboxylic acids is 3. The van der Waals surface area contributed by atoms with E-state index in [2.05, 4.69) is 31.4 Å². The quantitative estimate of drug-likeness (QED) is 0.505. The number of anilines is 1. The van der Waals surface area contributed by atoms with Crippen molar-refractivity contribution in [2.24, 2.45) is 29.6 Å². The topological polar surface area (TPSA) is 87.7 Å². The number of rotatable bonds is 5. The Labute approximate surface area is 236 Å². The third-order valence-electron chi connectivity index (χ3n) is 10.4. The van der Waals surface area contributed by atoms with Crippen LogP contribution in [0.5, 0.6) is 0 Å². The average Bonchev–Trinajstić information content (AvgIpc) is 3.55. The van der Waals surface area contributed by atoms with Gasteiger partial charge < -0.3 is 20.3 Å². The highest BCUT2D eigenvalue weighted by molar-refractivity contribution is 6.30. The van der Waals surface area contributed by atoms with Crippen LogP contribution in [0.1, 0.15) is 65.7 Å². The molecule has 2 aliphatic carbocycles. The van der Waals surface area contributed by atoms with Crippen molar-refractivity contribution in [3.05, 3.63) is 41.4 Å². The molecule has 5 aliphatic rings. The lowest BCUT2D eigenvalue weighted by molar-refractivity contribution is -0.145. The molecular weight excluding hydrogens is 514 g/mol. The zero-order valence-electron chi connectivity index (χ0n) is 23.1. The standard InChI is InChI=1S/C31H40ClN3O4/c1-17-10-12-22(13-11-17)35-27(29(37)34-23-9-4-6-18(2)19(23)3)31-15-14-24(39-31)25(26(31)30(35)38)28(36)33-21-8-5-7-20(32)16-21/h5,7-8,14-19,22-27H,4,6,9-13H2,1-3H3,(H,33,36)(H,34,37)/t17?,18?,19?,22?,23?,24-,25?,26-,27?,31?/m0/s1. The van der Waals surface area contributed by atoms with E-state index in [4.69, 9.17) is 16.3 Å². The Morgan fingerprint density at radius 3 is 2.56 bits per heavy atom. The van der Waals surface area contributed by atoms with E-state index in [1.807, 2.05) is 17.1 Å². The first kappa shape index (κ1) is 26.8. The highest BCUT2D eigenvalue weighted by Crippen LogP contribution is 2.56. The van der Waals surface area contributed by atoms with Crippen LogP contribution < -0.4 is 10.6 Å². The number of ether oxygens (including phenoxy) is 1. The van der Waals surface area contributed by atoms with Gasteiger partial charge >= 0.3 is 0 Å². The first-order chi connectivity index (χ1) is 18.7. The van der Waals surface area contributed by atoms with Crippen molar-refractivity contribution in [2.45, 2.75) is 95.5 Å². The normalized spacial score (nSPS) is 41.0. The number of fused-ring (bicyclic) bond motifs is 1. The molecule has 2 bridgehead atoms. The minimum atomic E-state index is -1.13. The summed E-state index contributed by atoms with van der Waals surface area (Å²) in [5.74, 6) is -0.479. The van der Waals surface area contributed by atoms with Crippen LogP contribution in [0.3, 0.4) is 0 Å². The van der Waals surface area contributed by atoms with Gasteiger partial charge in [0.1, 0.15) is 11.6 Å². The third kappa shape index (κ3) is 4.50. The Morgan fingerprint density at radius 2 is 1.82 bits per heavy atom. The van der Waals surface area contributed by atoms with Crippen LogP contribution in [0.25, 0.3) is 0 Å². The van der Waals surface area contributed by atoms with Crippen molar-refractivity contribution in [3.8, 4) is 0 Å². The van der Waals surface area contributed by atoms with Gasteiger partial charge in [0.2, 0.25) is 17.7 Å². The zero-order chi connectivity index (χ0) is 27.5. The second kappa shape index (κ2) is 10.2. The monoisotopic (exact) mass is 553 g/mol. The van der Waals surface area contributed by atoms with Crippen LogP contribution in [-0.4, -0.2) is 52.5 Å². The first-order valence-corrected chi connectivity index (χ1v) is 15.1. The van der Waals surface area contributed by atoms with E-state index in [9.17, 15) is 14.4 Å².